The molecule has 0 N–H and O–H groups in total. The minimum absolute atomic E-state index is 0.314. The number of benzene rings is 3. The number of hydrogen-bond acceptors (Lipinski definition) is 3. The number of carbonyl (C=O) groups excluding carboxylic acids is 1. The molecule has 0 saturated carbocycles. The number of aryl methyl sites for hydroxylation is 1. The molecule has 0 aliphatic heterocycles. The second kappa shape index (κ2) is 7.18. The van der Waals surface area contributed by atoms with Crippen LogP contribution in [-0.4, -0.2) is 12.6 Å². The maximum Gasteiger partial charge on any atom is 0.338 e. The Morgan fingerprint density at radius 3 is 2.29 bits per heavy atom. The lowest BCUT2D eigenvalue weighted by atomic mass is 10.0. The van der Waals surface area contributed by atoms with Crippen molar-refractivity contribution >= 4 is 16.7 Å². The Balaban J connectivity index is 1.92. The van der Waals surface area contributed by atoms with Crippen LogP contribution >= 0.6 is 0 Å². The van der Waals surface area contributed by atoms with Crippen LogP contribution in [0.3, 0.4) is 0 Å². The fourth-order valence-electron chi connectivity index (χ4n) is 2.60. The molecule has 3 aromatic carbocycles. The fourth-order valence-corrected chi connectivity index (χ4v) is 2.60. The largest absolute Gasteiger partial charge is 0.489 e. The van der Waals surface area contributed by atoms with Gasteiger partial charge < -0.3 is 9.47 Å². The van der Waals surface area contributed by atoms with Crippen LogP contribution in [0.2, 0.25) is 0 Å². The number of carbonyl (C=O) groups is 1. The summed E-state index contributed by atoms with van der Waals surface area (Å²) in [5, 5.41) is 2.09. The molecule has 0 fully saturated rings. The van der Waals surface area contributed by atoms with Crippen molar-refractivity contribution in [3.63, 3.8) is 0 Å². The number of esters is 1. The quantitative estimate of drug-likeness (QED) is 0.627. The van der Waals surface area contributed by atoms with Gasteiger partial charge in [0.05, 0.1) is 12.2 Å². The van der Waals surface area contributed by atoms with Gasteiger partial charge in [-0.25, -0.2) is 4.79 Å². The zero-order valence-electron chi connectivity index (χ0n) is 13.9. The van der Waals surface area contributed by atoms with E-state index in [1.165, 1.54) is 5.56 Å². The van der Waals surface area contributed by atoms with Crippen molar-refractivity contribution in [2.45, 2.75) is 20.5 Å². The molecular weight excluding hydrogens is 300 g/mol. The number of hydrogen-bond donors (Lipinski definition) is 0. The smallest absolute Gasteiger partial charge is 0.338 e. The van der Waals surface area contributed by atoms with Gasteiger partial charge in [-0.1, -0.05) is 42.0 Å². The van der Waals surface area contributed by atoms with Gasteiger partial charge in [-0.15, -0.1) is 0 Å². The zero-order chi connectivity index (χ0) is 16.9. The highest BCUT2D eigenvalue weighted by atomic mass is 16.5. The molecule has 0 saturated heterocycles. The molecule has 0 bridgehead atoms. The Kier molecular flexibility index (Phi) is 4.80. The van der Waals surface area contributed by atoms with E-state index in [9.17, 15) is 4.79 Å². The van der Waals surface area contributed by atoms with Crippen molar-refractivity contribution in [3.8, 4) is 5.75 Å². The van der Waals surface area contributed by atoms with Crippen molar-refractivity contribution in [3.05, 3.63) is 77.4 Å². The summed E-state index contributed by atoms with van der Waals surface area (Å²) in [7, 11) is 0. The highest BCUT2D eigenvalue weighted by Crippen LogP contribution is 2.23. The first-order valence-electron chi connectivity index (χ1n) is 8.05. The van der Waals surface area contributed by atoms with E-state index in [1.807, 2.05) is 67.6 Å². The molecule has 0 amide bonds. The van der Waals surface area contributed by atoms with E-state index in [4.69, 9.17) is 9.47 Å². The van der Waals surface area contributed by atoms with Crippen molar-refractivity contribution in [2.24, 2.45) is 0 Å². The third kappa shape index (κ3) is 3.57. The third-order valence-corrected chi connectivity index (χ3v) is 3.88. The Labute approximate surface area is 141 Å². The molecule has 0 radical (unpaired) electrons. The lowest BCUT2D eigenvalue weighted by Gasteiger charge is -2.12. The van der Waals surface area contributed by atoms with Crippen molar-refractivity contribution in [1.82, 2.24) is 0 Å². The number of ether oxygens (including phenoxy) is 2. The van der Waals surface area contributed by atoms with Gasteiger partial charge in [0.2, 0.25) is 0 Å². The second-order valence-electron chi connectivity index (χ2n) is 5.68. The predicted octanol–water partition coefficient (Wildman–Crippen LogP) is 4.90. The van der Waals surface area contributed by atoms with Crippen LogP contribution < -0.4 is 4.74 Å². The highest BCUT2D eigenvalue weighted by molar-refractivity contribution is 5.97. The molecule has 0 unspecified atom stereocenters. The first-order valence-corrected chi connectivity index (χ1v) is 8.05. The van der Waals surface area contributed by atoms with Gasteiger partial charge in [0.15, 0.2) is 0 Å². The van der Waals surface area contributed by atoms with Gasteiger partial charge in [-0.2, -0.15) is 0 Å². The summed E-state index contributed by atoms with van der Waals surface area (Å²) in [6.07, 6.45) is 0. The first kappa shape index (κ1) is 16.1. The van der Waals surface area contributed by atoms with E-state index < -0.39 is 0 Å². The van der Waals surface area contributed by atoms with Crippen molar-refractivity contribution < 1.29 is 14.3 Å². The van der Waals surface area contributed by atoms with Gasteiger partial charge in [0.25, 0.3) is 0 Å². The molecule has 0 heterocycles. The molecule has 0 spiro atoms. The summed E-state index contributed by atoms with van der Waals surface area (Å²) < 4.78 is 11.0. The topological polar surface area (TPSA) is 35.5 Å². The van der Waals surface area contributed by atoms with Crippen LogP contribution in [0.4, 0.5) is 0 Å². The molecule has 0 atom stereocenters. The van der Waals surface area contributed by atoms with Gasteiger partial charge in [0, 0.05) is 5.56 Å². The summed E-state index contributed by atoms with van der Waals surface area (Å²) >= 11 is 0. The third-order valence-electron chi connectivity index (χ3n) is 3.88. The zero-order valence-corrected chi connectivity index (χ0v) is 13.9. The molecule has 0 aliphatic carbocycles. The second-order valence-corrected chi connectivity index (χ2v) is 5.68. The average Bonchev–Trinajstić information content (AvgIpc) is 2.60. The summed E-state index contributed by atoms with van der Waals surface area (Å²) in [6, 6.07) is 19.7. The summed E-state index contributed by atoms with van der Waals surface area (Å²) in [5.74, 6) is 0.467. The molecule has 3 aromatic rings. The lowest BCUT2D eigenvalue weighted by molar-refractivity contribution is 0.0523. The maximum absolute atomic E-state index is 12.3. The number of fused-ring (bicyclic) bond motifs is 1. The maximum atomic E-state index is 12.3. The van der Waals surface area contributed by atoms with Crippen LogP contribution in [0.25, 0.3) is 10.8 Å². The Morgan fingerprint density at radius 1 is 0.958 bits per heavy atom. The molecule has 122 valence electrons. The predicted molar refractivity (Wildman–Crippen MR) is 95.4 cm³/mol. The summed E-state index contributed by atoms with van der Waals surface area (Å²) in [5.41, 5.74) is 2.57. The van der Waals surface area contributed by atoms with E-state index >= 15 is 0 Å². The molecule has 0 aliphatic rings. The van der Waals surface area contributed by atoms with Crippen LogP contribution in [-0.2, 0) is 11.3 Å². The van der Waals surface area contributed by atoms with Crippen LogP contribution in [0.1, 0.15) is 28.4 Å². The van der Waals surface area contributed by atoms with Gasteiger partial charge in [-0.3, -0.25) is 0 Å². The van der Waals surface area contributed by atoms with E-state index in [1.54, 1.807) is 6.92 Å². The SMILES string of the molecule is CCOC(=O)c1cc2ccccc2cc1COc1ccc(C)cc1. The van der Waals surface area contributed by atoms with Crippen LogP contribution in [0.5, 0.6) is 5.75 Å². The van der Waals surface area contributed by atoms with E-state index in [2.05, 4.69) is 0 Å². The average molecular weight is 320 g/mol. The normalized spacial score (nSPS) is 10.6. The Bertz CT molecular complexity index is 851. The molecule has 24 heavy (non-hydrogen) atoms. The van der Waals surface area contributed by atoms with E-state index in [-0.39, 0.29) is 5.97 Å². The Hall–Kier alpha value is -2.81. The Morgan fingerprint density at radius 2 is 1.62 bits per heavy atom. The first-order chi connectivity index (χ1) is 11.7. The van der Waals surface area contributed by atoms with Crippen molar-refractivity contribution in [2.75, 3.05) is 6.61 Å². The monoisotopic (exact) mass is 320 g/mol. The van der Waals surface area contributed by atoms with Crippen LogP contribution in [0, 0.1) is 6.92 Å². The fraction of sp³-hybridized carbons (Fsp3) is 0.190. The van der Waals surface area contributed by atoms with E-state index in [0.29, 0.717) is 18.8 Å². The minimum Gasteiger partial charge on any atom is -0.489 e. The molecule has 3 heteroatoms. The summed E-state index contributed by atoms with van der Waals surface area (Å²) in [6.45, 7) is 4.51. The van der Waals surface area contributed by atoms with Crippen molar-refractivity contribution in [1.29, 1.82) is 0 Å². The standard InChI is InChI=1S/C21H20O3/c1-3-23-21(22)20-13-17-7-5-4-6-16(17)12-18(20)14-24-19-10-8-15(2)9-11-19/h4-13H,3,14H2,1-2H3. The molecule has 0 aromatic heterocycles. The summed E-state index contributed by atoms with van der Waals surface area (Å²) in [4.78, 5) is 12.3. The molecule has 3 nitrogen and oxygen atoms in total. The molecular formula is C21H20O3. The lowest BCUT2D eigenvalue weighted by Crippen LogP contribution is -2.10. The molecule has 3 rings (SSSR count). The van der Waals surface area contributed by atoms with Crippen LogP contribution in [0.15, 0.2) is 60.7 Å². The van der Waals surface area contributed by atoms with Gasteiger partial charge in [0.1, 0.15) is 12.4 Å². The van der Waals surface area contributed by atoms with Gasteiger partial charge in [-0.05, 0) is 48.9 Å². The highest BCUT2D eigenvalue weighted by Gasteiger charge is 2.14. The number of rotatable bonds is 5. The minimum atomic E-state index is -0.314. The van der Waals surface area contributed by atoms with Gasteiger partial charge >= 0.3 is 5.97 Å². The van der Waals surface area contributed by atoms with E-state index in [0.717, 1.165) is 22.1 Å².